The fourth-order valence-corrected chi connectivity index (χ4v) is 2.03. The summed E-state index contributed by atoms with van der Waals surface area (Å²) in [5.41, 5.74) is 1.49. The zero-order valence-electron chi connectivity index (χ0n) is 11.2. The molecule has 0 bridgehead atoms. The molecule has 100 valence electrons. The molecule has 2 aliphatic heterocycles. The predicted molar refractivity (Wildman–Crippen MR) is 72.7 cm³/mol. The predicted octanol–water partition coefficient (Wildman–Crippen LogP) is 1.66. The van der Waals surface area contributed by atoms with Gasteiger partial charge in [-0.2, -0.15) is 0 Å². The molecule has 0 aromatic carbocycles. The number of aliphatic imine (C=N–C) groups is 2. The lowest BCUT2D eigenvalue weighted by atomic mass is 10.1. The van der Waals surface area contributed by atoms with Gasteiger partial charge in [-0.15, -0.1) is 0 Å². The lowest BCUT2D eigenvalue weighted by Crippen LogP contribution is -2.13. The summed E-state index contributed by atoms with van der Waals surface area (Å²) in [5.74, 6) is 1.71. The Hall–Kier alpha value is -1.91. The van der Waals surface area contributed by atoms with E-state index in [1.807, 2.05) is 18.2 Å². The van der Waals surface area contributed by atoms with E-state index in [0.29, 0.717) is 37.5 Å². The SMILES string of the molecule is CC(C)C1COC(c2cccc(C3=NCCO3)n2)=N1. The average molecular weight is 259 g/mol. The summed E-state index contributed by atoms with van der Waals surface area (Å²) in [7, 11) is 0. The molecule has 1 aromatic heterocycles. The van der Waals surface area contributed by atoms with Crippen LogP contribution in [0.4, 0.5) is 0 Å². The maximum Gasteiger partial charge on any atom is 0.235 e. The van der Waals surface area contributed by atoms with Crippen molar-refractivity contribution in [1.82, 2.24) is 4.98 Å². The standard InChI is InChI=1S/C14H17N3O2/c1-9(2)12-8-19-14(17-12)11-5-3-4-10(16-11)13-15-6-7-18-13/h3-5,9,12H,6-8H2,1-2H3. The lowest BCUT2D eigenvalue weighted by molar-refractivity contribution is 0.291. The first kappa shape index (κ1) is 12.1. The first-order valence-electron chi connectivity index (χ1n) is 6.59. The van der Waals surface area contributed by atoms with Crippen molar-refractivity contribution in [2.75, 3.05) is 19.8 Å². The van der Waals surface area contributed by atoms with Crippen LogP contribution in [-0.4, -0.2) is 42.6 Å². The topological polar surface area (TPSA) is 56.1 Å². The normalized spacial score (nSPS) is 21.9. The second-order valence-electron chi connectivity index (χ2n) is 5.00. The summed E-state index contributed by atoms with van der Waals surface area (Å²) >= 11 is 0. The number of nitrogens with zero attached hydrogens (tertiary/aromatic N) is 3. The third kappa shape index (κ3) is 2.45. The van der Waals surface area contributed by atoms with Crippen molar-refractivity contribution in [3.63, 3.8) is 0 Å². The van der Waals surface area contributed by atoms with Gasteiger partial charge in [-0.05, 0) is 18.1 Å². The highest BCUT2D eigenvalue weighted by molar-refractivity contribution is 5.97. The van der Waals surface area contributed by atoms with E-state index < -0.39 is 0 Å². The van der Waals surface area contributed by atoms with Crippen molar-refractivity contribution in [3.05, 3.63) is 29.6 Å². The second-order valence-corrected chi connectivity index (χ2v) is 5.00. The van der Waals surface area contributed by atoms with E-state index in [0.717, 1.165) is 11.4 Å². The van der Waals surface area contributed by atoms with E-state index in [1.165, 1.54) is 0 Å². The number of hydrogen-bond acceptors (Lipinski definition) is 5. The van der Waals surface area contributed by atoms with Crippen molar-refractivity contribution in [1.29, 1.82) is 0 Å². The van der Waals surface area contributed by atoms with Gasteiger partial charge in [0.1, 0.15) is 24.6 Å². The summed E-state index contributed by atoms with van der Waals surface area (Å²) in [4.78, 5) is 13.4. The van der Waals surface area contributed by atoms with E-state index in [-0.39, 0.29) is 6.04 Å². The zero-order valence-corrected chi connectivity index (χ0v) is 11.2. The highest BCUT2D eigenvalue weighted by atomic mass is 16.5. The number of pyridine rings is 1. The van der Waals surface area contributed by atoms with Crippen LogP contribution in [0.25, 0.3) is 0 Å². The molecule has 0 radical (unpaired) electrons. The van der Waals surface area contributed by atoms with Gasteiger partial charge < -0.3 is 9.47 Å². The van der Waals surface area contributed by atoms with Crippen LogP contribution < -0.4 is 0 Å². The van der Waals surface area contributed by atoms with Gasteiger partial charge in [-0.25, -0.2) is 15.0 Å². The van der Waals surface area contributed by atoms with E-state index >= 15 is 0 Å². The molecular weight excluding hydrogens is 242 g/mol. The van der Waals surface area contributed by atoms with E-state index in [4.69, 9.17) is 9.47 Å². The Morgan fingerprint density at radius 2 is 1.95 bits per heavy atom. The van der Waals surface area contributed by atoms with Crippen LogP contribution in [0.3, 0.4) is 0 Å². The molecule has 3 heterocycles. The lowest BCUT2D eigenvalue weighted by Gasteiger charge is -2.06. The van der Waals surface area contributed by atoms with Crippen molar-refractivity contribution in [2.24, 2.45) is 15.9 Å². The van der Waals surface area contributed by atoms with Crippen molar-refractivity contribution < 1.29 is 9.47 Å². The monoisotopic (exact) mass is 259 g/mol. The maximum absolute atomic E-state index is 5.64. The minimum Gasteiger partial charge on any atom is -0.474 e. The van der Waals surface area contributed by atoms with Crippen LogP contribution in [0.15, 0.2) is 28.2 Å². The highest BCUT2D eigenvalue weighted by Gasteiger charge is 2.24. The first-order chi connectivity index (χ1) is 9.24. The molecule has 1 atom stereocenters. The van der Waals surface area contributed by atoms with E-state index in [9.17, 15) is 0 Å². The first-order valence-corrected chi connectivity index (χ1v) is 6.59. The van der Waals surface area contributed by atoms with E-state index in [1.54, 1.807) is 0 Å². The number of ether oxygens (including phenoxy) is 2. The Bertz CT molecular complexity index is 537. The van der Waals surface area contributed by atoms with Gasteiger partial charge in [0.05, 0.1) is 12.6 Å². The molecule has 19 heavy (non-hydrogen) atoms. The van der Waals surface area contributed by atoms with Gasteiger partial charge >= 0.3 is 0 Å². The molecule has 0 spiro atoms. The zero-order chi connectivity index (χ0) is 13.2. The minimum absolute atomic E-state index is 0.223. The van der Waals surface area contributed by atoms with Crippen molar-refractivity contribution in [2.45, 2.75) is 19.9 Å². The molecule has 1 unspecified atom stereocenters. The van der Waals surface area contributed by atoms with E-state index in [2.05, 4.69) is 28.8 Å². The van der Waals surface area contributed by atoms with Crippen LogP contribution in [0.1, 0.15) is 25.2 Å². The quantitative estimate of drug-likeness (QED) is 0.829. The average Bonchev–Trinajstić information content (AvgIpc) is 3.10. The van der Waals surface area contributed by atoms with Crippen LogP contribution in [0.2, 0.25) is 0 Å². The van der Waals surface area contributed by atoms with Crippen molar-refractivity contribution >= 4 is 11.8 Å². The Labute approximate surface area is 112 Å². The fourth-order valence-electron chi connectivity index (χ4n) is 2.03. The molecule has 0 saturated heterocycles. The smallest absolute Gasteiger partial charge is 0.235 e. The molecule has 0 saturated carbocycles. The molecule has 0 N–H and O–H groups in total. The van der Waals surface area contributed by atoms with Gasteiger partial charge in [0.2, 0.25) is 11.8 Å². The van der Waals surface area contributed by atoms with Crippen LogP contribution in [0.5, 0.6) is 0 Å². The molecule has 0 amide bonds. The summed E-state index contributed by atoms with van der Waals surface area (Å²) in [6.07, 6.45) is 0. The molecule has 5 heteroatoms. The minimum atomic E-state index is 0.223. The second kappa shape index (κ2) is 4.99. The molecule has 0 fully saturated rings. The number of aromatic nitrogens is 1. The third-order valence-electron chi connectivity index (χ3n) is 3.22. The number of rotatable bonds is 3. The fraction of sp³-hybridized carbons (Fsp3) is 0.500. The molecule has 2 aliphatic rings. The molecule has 3 rings (SSSR count). The van der Waals surface area contributed by atoms with Gasteiger partial charge in [-0.1, -0.05) is 19.9 Å². The summed E-state index contributed by atoms with van der Waals surface area (Å²) in [6.45, 7) is 6.26. The van der Waals surface area contributed by atoms with Gasteiger partial charge in [-0.3, -0.25) is 0 Å². The summed E-state index contributed by atoms with van der Waals surface area (Å²) < 4.78 is 11.1. The highest BCUT2D eigenvalue weighted by Crippen LogP contribution is 2.17. The Morgan fingerprint density at radius 1 is 1.16 bits per heavy atom. The number of hydrogen-bond donors (Lipinski definition) is 0. The maximum atomic E-state index is 5.64. The third-order valence-corrected chi connectivity index (χ3v) is 3.22. The van der Waals surface area contributed by atoms with Gasteiger partial charge in [0.25, 0.3) is 0 Å². The molecule has 5 nitrogen and oxygen atoms in total. The summed E-state index contributed by atoms with van der Waals surface area (Å²) in [6, 6.07) is 5.95. The van der Waals surface area contributed by atoms with Gasteiger partial charge in [0.15, 0.2) is 0 Å². The molecule has 0 aliphatic carbocycles. The van der Waals surface area contributed by atoms with Gasteiger partial charge in [0, 0.05) is 0 Å². The van der Waals surface area contributed by atoms with Crippen LogP contribution in [0, 0.1) is 5.92 Å². The summed E-state index contributed by atoms with van der Waals surface area (Å²) in [5, 5.41) is 0. The molecular formula is C14H17N3O2. The van der Waals surface area contributed by atoms with Crippen molar-refractivity contribution in [3.8, 4) is 0 Å². The Kier molecular flexibility index (Phi) is 3.19. The molecule has 1 aromatic rings. The largest absolute Gasteiger partial charge is 0.474 e. The van der Waals surface area contributed by atoms with Crippen LogP contribution >= 0.6 is 0 Å². The Morgan fingerprint density at radius 3 is 2.58 bits per heavy atom. The van der Waals surface area contributed by atoms with Crippen LogP contribution in [-0.2, 0) is 9.47 Å². The Balaban J connectivity index is 1.86.